The molecule has 0 saturated carbocycles. The van der Waals surface area contributed by atoms with Gasteiger partial charge in [-0.05, 0) is 11.9 Å². The first-order valence-electron chi connectivity index (χ1n) is 4.67. The van der Waals surface area contributed by atoms with Crippen LogP contribution in [0.15, 0.2) is 17.7 Å². The molecule has 2 aromatic rings. The Hall–Kier alpha value is 0.360. The Kier molecular flexibility index (Phi) is 3.65. The first-order valence-corrected chi connectivity index (χ1v) is 7.19. The highest BCUT2D eigenvalue weighted by molar-refractivity contribution is 14.1. The predicted molar refractivity (Wildman–Crippen MR) is 67.3 cm³/mol. The number of aromatic amines is 1. The Balaban J connectivity index is 0.000000963. The lowest BCUT2D eigenvalue weighted by molar-refractivity contribution is -0.778. The number of nitrogens with zero attached hydrogens (tertiary/aromatic N) is 3. The molecule has 0 saturated heterocycles. The summed E-state index contributed by atoms with van der Waals surface area (Å²) in [6.07, 6.45) is 3.62. The van der Waals surface area contributed by atoms with E-state index >= 15 is 0 Å². The van der Waals surface area contributed by atoms with E-state index < -0.39 is 0 Å². The van der Waals surface area contributed by atoms with Crippen molar-refractivity contribution in [1.82, 2.24) is 15.0 Å². The maximum Gasteiger partial charge on any atom is 0.296 e. The fourth-order valence-electron chi connectivity index (χ4n) is 1.75. The molecule has 1 N–H and O–H groups in total. The zero-order valence-electron chi connectivity index (χ0n) is 8.57. The Morgan fingerprint density at radius 1 is 1.62 bits per heavy atom. The molecule has 86 valence electrons. The van der Waals surface area contributed by atoms with Gasteiger partial charge in [-0.1, -0.05) is 34.4 Å². The van der Waals surface area contributed by atoms with E-state index in [-0.39, 0.29) is 29.5 Å². The molecule has 3 rings (SSSR count). The number of nitrogens with one attached hydrogen (secondary N) is 1. The van der Waals surface area contributed by atoms with Crippen molar-refractivity contribution in [3.63, 3.8) is 0 Å². The Labute approximate surface area is 128 Å². The van der Waals surface area contributed by atoms with Gasteiger partial charge < -0.3 is 29.0 Å². The van der Waals surface area contributed by atoms with Crippen LogP contribution in [0.25, 0.3) is 11.2 Å². The van der Waals surface area contributed by atoms with Crippen molar-refractivity contribution >= 4 is 45.5 Å². The van der Waals surface area contributed by atoms with Crippen LogP contribution in [0.1, 0.15) is 6.92 Å². The molecule has 0 aliphatic carbocycles. The molecular weight excluding hydrogens is 450 g/mol. The summed E-state index contributed by atoms with van der Waals surface area (Å²) in [6, 6.07) is 0. The highest BCUT2D eigenvalue weighted by Crippen LogP contribution is 2.34. The molecule has 0 amide bonds. The van der Waals surface area contributed by atoms with Crippen molar-refractivity contribution in [3.05, 3.63) is 12.7 Å². The molecule has 0 aromatic carbocycles. The van der Waals surface area contributed by atoms with Gasteiger partial charge in [0.15, 0.2) is 10.5 Å². The Bertz CT molecular complexity index is 529. The SMILES string of the molecule is CC1(CI)CSc2c3[nH]cnc3nc[n+]21.[I-]. The highest BCUT2D eigenvalue weighted by atomic mass is 127. The molecular formula is C9H10I2N4S. The number of hydrogen-bond acceptors (Lipinski definition) is 3. The third-order valence-electron chi connectivity index (χ3n) is 2.74. The van der Waals surface area contributed by atoms with Gasteiger partial charge in [-0.2, -0.15) is 4.98 Å². The van der Waals surface area contributed by atoms with Crippen molar-refractivity contribution in [2.75, 3.05) is 10.2 Å². The zero-order valence-corrected chi connectivity index (χ0v) is 13.7. The summed E-state index contributed by atoms with van der Waals surface area (Å²) in [4.78, 5) is 11.7. The van der Waals surface area contributed by atoms with Gasteiger partial charge >= 0.3 is 0 Å². The molecule has 1 atom stereocenters. The lowest BCUT2D eigenvalue weighted by atomic mass is 10.1. The lowest BCUT2D eigenvalue weighted by Gasteiger charge is -2.17. The van der Waals surface area contributed by atoms with Crippen LogP contribution < -0.4 is 28.5 Å². The predicted octanol–water partition coefficient (Wildman–Crippen LogP) is -1.49. The van der Waals surface area contributed by atoms with Crippen LogP contribution in [0.2, 0.25) is 0 Å². The fraction of sp³-hybridized carbons (Fsp3) is 0.444. The second kappa shape index (κ2) is 4.56. The molecule has 2 aromatic heterocycles. The average Bonchev–Trinajstić information content (AvgIpc) is 2.83. The van der Waals surface area contributed by atoms with Gasteiger partial charge in [0.1, 0.15) is 5.54 Å². The molecule has 0 bridgehead atoms. The van der Waals surface area contributed by atoms with E-state index in [0.29, 0.717) is 0 Å². The van der Waals surface area contributed by atoms with Gasteiger partial charge in [0, 0.05) is 10.2 Å². The topological polar surface area (TPSA) is 45.5 Å². The number of rotatable bonds is 1. The summed E-state index contributed by atoms with van der Waals surface area (Å²) >= 11 is 4.32. The van der Waals surface area contributed by atoms with Crippen LogP contribution in [-0.4, -0.2) is 25.1 Å². The summed E-state index contributed by atoms with van der Waals surface area (Å²) in [5.74, 6) is 1.11. The minimum Gasteiger partial charge on any atom is -1.00 e. The van der Waals surface area contributed by atoms with Gasteiger partial charge in [0.25, 0.3) is 12.0 Å². The van der Waals surface area contributed by atoms with Crippen LogP contribution in [0.5, 0.6) is 0 Å². The maximum atomic E-state index is 4.36. The number of aromatic nitrogens is 4. The minimum atomic E-state index is 0. The molecule has 0 spiro atoms. The molecule has 3 heterocycles. The van der Waals surface area contributed by atoms with E-state index in [1.165, 1.54) is 5.03 Å². The molecule has 0 fully saturated rings. The summed E-state index contributed by atoms with van der Waals surface area (Å²) in [7, 11) is 0. The molecule has 7 heteroatoms. The van der Waals surface area contributed by atoms with E-state index in [1.807, 2.05) is 18.1 Å². The zero-order chi connectivity index (χ0) is 10.5. The molecule has 1 aliphatic heterocycles. The van der Waals surface area contributed by atoms with Crippen LogP contribution in [0.3, 0.4) is 0 Å². The second-order valence-electron chi connectivity index (χ2n) is 3.94. The number of H-pyrrole nitrogens is 1. The third-order valence-corrected chi connectivity index (χ3v) is 5.82. The summed E-state index contributed by atoms with van der Waals surface area (Å²) < 4.78 is 3.36. The molecule has 4 nitrogen and oxygen atoms in total. The molecule has 0 radical (unpaired) electrons. The van der Waals surface area contributed by atoms with Crippen molar-refractivity contribution in [1.29, 1.82) is 0 Å². The van der Waals surface area contributed by atoms with Crippen molar-refractivity contribution in [3.8, 4) is 0 Å². The van der Waals surface area contributed by atoms with Crippen LogP contribution in [0.4, 0.5) is 0 Å². The third kappa shape index (κ3) is 1.74. The van der Waals surface area contributed by atoms with Crippen LogP contribution in [0, 0.1) is 0 Å². The largest absolute Gasteiger partial charge is 1.00 e. The first-order chi connectivity index (χ1) is 7.24. The van der Waals surface area contributed by atoms with Gasteiger partial charge in [0.05, 0.1) is 6.33 Å². The lowest BCUT2D eigenvalue weighted by Crippen LogP contribution is -3.00. The first kappa shape index (κ1) is 12.8. The number of hydrogen-bond donors (Lipinski definition) is 1. The summed E-state index contributed by atoms with van der Waals surface area (Å²) in [5, 5.41) is 1.26. The maximum absolute atomic E-state index is 4.36. The van der Waals surface area contributed by atoms with Gasteiger partial charge in [-0.3, -0.25) is 0 Å². The minimum absolute atomic E-state index is 0. The number of imidazole rings is 1. The van der Waals surface area contributed by atoms with Crippen LogP contribution in [-0.2, 0) is 5.54 Å². The standard InChI is InChI=1S/C9H9IN4S.HI/c1-9(2-10)3-15-8-6-7(12-4-11-6)13-5-14(8)9;/h4-5H,2-3H2,1H3;1H. The van der Waals surface area contributed by atoms with E-state index in [4.69, 9.17) is 0 Å². The second-order valence-corrected chi connectivity index (χ2v) is 5.67. The number of thioether (sulfide) groups is 1. The molecule has 16 heavy (non-hydrogen) atoms. The summed E-state index contributed by atoms with van der Waals surface area (Å²) in [5.41, 5.74) is 2.06. The van der Waals surface area contributed by atoms with Gasteiger partial charge in [-0.25, -0.2) is 4.57 Å². The molecule has 1 unspecified atom stereocenters. The smallest absolute Gasteiger partial charge is 0.296 e. The van der Waals surface area contributed by atoms with Crippen LogP contribution >= 0.6 is 34.4 Å². The van der Waals surface area contributed by atoms with Gasteiger partial charge in [0.2, 0.25) is 0 Å². The average molecular weight is 460 g/mol. The van der Waals surface area contributed by atoms with E-state index in [0.717, 1.165) is 21.3 Å². The monoisotopic (exact) mass is 460 g/mol. The van der Waals surface area contributed by atoms with Gasteiger partial charge in [-0.15, -0.1) is 0 Å². The Morgan fingerprint density at radius 3 is 3.19 bits per heavy atom. The quantitative estimate of drug-likeness (QED) is 0.244. The van der Waals surface area contributed by atoms with E-state index in [9.17, 15) is 0 Å². The normalized spacial score (nSPS) is 23.1. The Morgan fingerprint density at radius 2 is 2.44 bits per heavy atom. The molecule has 1 aliphatic rings. The van der Waals surface area contributed by atoms with Crippen molar-refractivity contribution in [2.45, 2.75) is 17.5 Å². The van der Waals surface area contributed by atoms with E-state index in [2.05, 4.69) is 49.0 Å². The fourth-order valence-corrected chi connectivity index (χ4v) is 4.14. The summed E-state index contributed by atoms with van der Waals surface area (Å²) in [6.45, 7) is 2.27. The van der Waals surface area contributed by atoms with Crippen molar-refractivity contribution in [2.24, 2.45) is 0 Å². The highest BCUT2D eigenvalue weighted by Gasteiger charge is 2.40. The number of halogens is 2. The van der Waals surface area contributed by atoms with E-state index in [1.54, 1.807) is 6.33 Å². The number of alkyl halides is 1. The van der Waals surface area contributed by atoms with Crippen molar-refractivity contribution < 1.29 is 28.5 Å². The number of fused-ring (bicyclic) bond motifs is 3.